The van der Waals surface area contributed by atoms with E-state index in [0.29, 0.717) is 6.04 Å². The number of hydrogen-bond donors (Lipinski definition) is 2. The Morgan fingerprint density at radius 2 is 2.29 bits per heavy atom. The number of nitrogens with two attached hydrogens (primary N) is 1. The standard InChI is InChI=1S/C10H18N2OS/c1-8(12(2)5-6-13)7-9-3-4-10(11)14-9/h3-4,8,13H,5-7,11H2,1-2H3. The van der Waals surface area contributed by atoms with Gasteiger partial charge in [-0.25, -0.2) is 0 Å². The summed E-state index contributed by atoms with van der Waals surface area (Å²) in [6.45, 7) is 3.10. The second-order valence-electron chi connectivity index (χ2n) is 3.56. The highest BCUT2D eigenvalue weighted by molar-refractivity contribution is 7.15. The molecule has 3 N–H and O–H groups in total. The lowest BCUT2D eigenvalue weighted by molar-refractivity contribution is 0.187. The van der Waals surface area contributed by atoms with Gasteiger partial charge in [0, 0.05) is 17.5 Å². The number of aliphatic hydroxyl groups excluding tert-OH is 1. The third-order valence-electron chi connectivity index (χ3n) is 2.38. The summed E-state index contributed by atoms with van der Waals surface area (Å²) in [5.74, 6) is 0. The Kier molecular flexibility index (Phi) is 4.38. The quantitative estimate of drug-likeness (QED) is 0.774. The molecule has 0 spiro atoms. The first kappa shape index (κ1) is 11.5. The number of hydrogen-bond acceptors (Lipinski definition) is 4. The van der Waals surface area contributed by atoms with E-state index in [2.05, 4.69) is 17.9 Å². The number of aliphatic hydroxyl groups is 1. The van der Waals surface area contributed by atoms with Crippen LogP contribution in [0.2, 0.25) is 0 Å². The zero-order valence-corrected chi connectivity index (χ0v) is 9.55. The fraction of sp³-hybridized carbons (Fsp3) is 0.600. The summed E-state index contributed by atoms with van der Waals surface area (Å²) < 4.78 is 0. The van der Waals surface area contributed by atoms with E-state index in [1.54, 1.807) is 11.3 Å². The number of likely N-dealkylation sites (N-methyl/N-ethyl adjacent to an activating group) is 1. The van der Waals surface area contributed by atoms with Gasteiger partial charge in [0.05, 0.1) is 11.6 Å². The number of anilines is 1. The monoisotopic (exact) mass is 214 g/mol. The highest BCUT2D eigenvalue weighted by atomic mass is 32.1. The van der Waals surface area contributed by atoms with Crippen molar-refractivity contribution in [3.05, 3.63) is 17.0 Å². The van der Waals surface area contributed by atoms with E-state index in [1.165, 1.54) is 4.88 Å². The van der Waals surface area contributed by atoms with Crippen LogP contribution in [0.4, 0.5) is 5.00 Å². The molecule has 0 amide bonds. The van der Waals surface area contributed by atoms with Gasteiger partial charge in [-0.2, -0.15) is 0 Å². The predicted octanol–water partition coefficient (Wildman–Crippen LogP) is 1.19. The Bertz CT molecular complexity index is 275. The maximum atomic E-state index is 8.80. The molecule has 0 saturated heterocycles. The summed E-state index contributed by atoms with van der Waals surface area (Å²) in [5, 5.41) is 9.67. The van der Waals surface area contributed by atoms with Crippen LogP contribution in [0.25, 0.3) is 0 Å². The summed E-state index contributed by atoms with van der Waals surface area (Å²) in [4.78, 5) is 3.45. The molecule has 0 radical (unpaired) electrons. The van der Waals surface area contributed by atoms with E-state index >= 15 is 0 Å². The summed E-state index contributed by atoms with van der Waals surface area (Å²) in [6, 6.07) is 4.46. The van der Waals surface area contributed by atoms with Crippen molar-refractivity contribution in [2.75, 3.05) is 25.9 Å². The van der Waals surface area contributed by atoms with E-state index < -0.39 is 0 Å². The zero-order chi connectivity index (χ0) is 10.6. The molecule has 1 heterocycles. The minimum absolute atomic E-state index is 0.216. The molecule has 0 bridgehead atoms. The zero-order valence-electron chi connectivity index (χ0n) is 8.73. The Hall–Kier alpha value is -0.580. The maximum Gasteiger partial charge on any atom is 0.0859 e. The molecule has 4 heteroatoms. The van der Waals surface area contributed by atoms with Gasteiger partial charge in [0.25, 0.3) is 0 Å². The number of thiophene rings is 1. The average Bonchev–Trinajstić information content (AvgIpc) is 2.51. The van der Waals surface area contributed by atoms with Crippen LogP contribution in [0.1, 0.15) is 11.8 Å². The smallest absolute Gasteiger partial charge is 0.0859 e. The van der Waals surface area contributed by atoms with Crippen LogP contribution in [-0.2, 0) is 6.42 Å². The fourth-order valence-electron chi connectivity index (χ4n) is 1.33. The molecule has 1 rings (SSSR count). The normalized spacial score (nSPS) is 13.4. The first-order valence-corrected chi connectivity index (χ1v) is 5.60. The van der Waals surface area contributed by atoms with E-state index in [1.807, 2.05) is 13.1 Å². The predicted molar refractivity (Wildman–Crippen MR) is 61.6 cm³/mol. The van der Waals surface area contributed by atoms with E-state index in [-0.39, 0.29) is 6.61 Å². The summed E-state index contributed by atoms with van der Waals surface area (Å²) >= 11 is 1.64. The Labute approximate surface area is 89.2 Å². The molecule has 3 nitrogen and oxygen atoms in total. The van der Waals surface area contributed by atoms with Crippen LogP contribution >= 0.6 is 11.3 Å². The lowest BCUT2D eigenvalue weighted by Crippen LogP contribution is -2.32. The highest BCUT2D eigenvalue weighted by Gasteiger charge is 2.10. The molecule has 1 aromatic rings. The van der Waals surface area contributed by atoms with Crippen LogP contribution < -0.4 is 5.73 Å². The minimum atomic E-state index is 0.216. The van der Waals surface area contributed by atoms with Gasteiger partial charge in [-0.15, -0.1) is 11.3 Å². The first-order chi connectivity index (χ1) is 6.63. The first-order valence-electron chi connectivity index (χ1n) is 4.78. The van der Waals surface area contributed by atoms with Crippen molar-refractivity contribution in [3.8, 4) is 0 Å². The van der Waals surface area contributed by atoms with Crippen LogP contribution in [-0.4, -0.2) is 36.2 Å². The molecular formula is C10H18N2OS. The molecule has 0 aliphatic carbocycles. The molecular weight excluding hydrogens is 196 g/mol. The summed E-state index contributed by atoms with van der Waals surface area (Å²) in [6.07, 6.45) is 0.998. The van der Waals surface area contributed by atoms with Crippen LogP contribution in [0, 0.1) is 0 Å². The third-order valence-corrected chi connectivity index (χ3v) is 3.32. The minimum Gasteiger partial charge on any atom is -0.395 e. The third kappa shape index (κ3) is 3.29. The molecule has 14 heavy (non-hydrogen) atoms. The number of nitrogens with zero attached hydrogens (tertiary/aromatic N) is 1. The van der Waals surface area contributed by atoms with Crippen molar-refractivity contribution >= 4 is 16.3 Å². The number of nitrogen functional groups attached to an aromatic ring is 1. The SMILES string of the molecule is CC(Cc1ccc(N)s1)N(C)CCO. The van der Waals surface area contributed by atoms with Gasteiger partial charge < -0.3 is 15.7 Å². The Morgan fingerprint density at radius 3 is 2.79 bits per heavy atom. The summed E-state index contributed by atoms with van der Waals surface area (Å²) in [5.41, 5.74) is 5.65. The van der Waals surface area contributed by atoms with Crippen molar-refractivity contribution in [3.63, 3.8) is 0 Å². The van der Waals surface area contributed by atoms with Gasteiger partial charge in [-0.3, -0.25) is 0 Å². The molecule has 1 atom stereocenters. The van der Waals surface area contributed by atoms with Crippen molar-refractivity contribution < 1.29 is 5.11 Å². The lowest BCUT2D eigenvalue weighted by atomic mass is 10.2. The lowest BCUT2D eigenvalue weighted by Gasteiger charge is -2.23. The second-order valence-corrected chi connectivity index (χ2v) is 4.76. The van der Waals surface area contributed by atoms with Crippen LogP contribution in [0.15, 0.2) is 12.1 Å². The fourth-order valence-corrected chi connectivity index (χ4v) is 2.23. The van der Waals surface area contributed by atoms with Crippen LogP contribution in [0.3, 0.4) is 0 Å². The topological polar surface area (TPSA) is 49.5 Å². The van der Waals surface area contributed by atoms with Crippen molar-refractivity contribution in [1.29, 1.82) is 0 Å². The largest absolute Gasteiger partial charge is 0.395 e. The van der Waals surface area contributed by atoms with E-state index in [4.69, 9.17) is 10.8 Å². The van der Waals surface area contributed by atoms with E-state index in [0.717, 1.165) is 18.0 Å². The maximum absolute atomic E-state index is 8.80. The Balaban J connectivity index is 2.43. The van der Waals surface area contributed by atoms with Gasteiger partial charge in [-0.05, 0) is 32.5 Å². The van der Waals surface area contributed by atoms with Crippen molar-refractivity contribution in [2.45, 2.75) is 19.4 Å². The summed E-state index contributed by atoms with van der Waals surface area (Å²) in [7, 11) is 2.03. The molecule has 0 saturated carbocycles. The molecule has 80 valence electrons. The molecule has 1 aromatic heterocycles. The van der Waals surface area contributed by atoms with Crippen molar-refractivity contribution in [1.82, 2.24) is 4.90 Å². The molecule has 0 aliphatic rings. The van der Waals surface area contributed by atoms with Gasteiger partial charge in [0.2, 0.25) is 0 Å². The van der Waals surface area contributed by atoms with Gasteiger partial charge in [0.15, 0.2) is 0 Å². The Morgan fingerprint density at radius 1 is 1.57 bits per heavy atom. The highest BCUT2D eigenvalue weighted by Crippen LogP contribution is 2.20. The average molecular weight is 214 g/mol. The van der Waals surface area contributed by atoms with Gasteiger partial charge in [-0.1, -0.05) is 0 Å². The van der Waals surface area contributed by atoms with Gasteiger partial charge in [0.1, 0.15) is 0 Å². The van der Waals surface area contributed by atoms with E-state index in [9.17, 15) is 0 Å². The molecule has 0 aliphatic heterocycles. The van der Waals surface area contributed by atoms with Crippen molar-refractivity contribution in [2.24, 2.45) is 0 Å². The molecule has 1 unspecified atom stereocenters. The number of rotatable bonds is 5. The van der Waals surface area contributed by atoms with Gasteiger partial charge >= 0.3 is 0 Å². The molecule has 0 fully saturated rings. The van der Waals surface area contributed by atoms with Crippen LogP contribution in [0.5, 0.6) is 0 Å². The molecule has 0 aromatic carbocycles. The second kappa shape index (κ2) is 5.34.